The van der Waals surface area contributed by atoms with Crippen molar-refractivity contribution in [3.63, 3.8) is 0 Å². The van der Waals surface area contributed by atoms with Crippen LogP contribution < -0.4 is 10.5 Å². The smallest absolute Gasteiger partial charge is 0.240 e. The Labute approximate surface area is 117 Å². The molecule has 2 atom stereocenters. The van der Waals surface area contributed by atoms with Crippen molar-refractivity contribution < 1.29 is 17.2 Å². The fourth-order valence-electron chi connectivity index (χ4n) is 2.39. The van der Waals surface area contributed by atoms with Gasteiger partial charge in [-0.3, -0.25) is 0 Å². The van der Waals surface area contributed by atoms with E-state index in [-0.39, 0.29) is 17.0 Å². The van der Waals surface area contributed by atoms with Crippen molar-refractivity contribution in [2.45, 2.75) is 49.1 Å². The molecule has 1 saturated carbocycles. The van der Waals surface area contributed by atoms with Gasteiger partial charge in [0, 0.05) is 12.1 Å². The number of nitrogens with one attached hydrogen (secondary N) is 1. The molecule has 0 radical (unpaired) electrons. The highest BCUT2D eigenvalue weighted by molar-refractivity contribution is 7.89. The standard InChI is InChI=1S/C13H18F2N2O2S/c14-10-7-6-9(8-11(10)15)20(18,19)17-13-5-3-1-2-4-12(13)16/h6-8,12-13,17H,1-5,16H2. The largest absolute Gasteiger partial charge is 0.326 e. The summed E-state index contributed by atoms with van der Waals surface area (Å²) in [4.78, 5) is -0.284. The lowest BCUT2D eigenvalue weighted by Gasteiger charge is -2.22. The molecule has 0 aromatic heterocycles. The van der Waals surface area contributed by atoms with Gasteiger partial charge in [-0.2, -0.15) is 0 Å². The quantitative estimate of drug-likeness (QED) is 0.838. The van der Waals surface area contributed by atoms with Gasteiger partial charge in [0.2, 0.25) is 10.0 Å². The average Bonchev–Trinajstić information content (AvgIpc) is 2.58. The summed E-state index contributed by atoms with van der Waals surface area (Å²) in [6, 6.07) is 1.91. The highest BCUT2D eigenvalue weighted by Crippen LogP contribution is 2.20. The van der Waals surface area contributed by atoms with E-state index in [1.807, 2.05) is 0 Å². The zero-order valence-corrected chi connectivity index (χ0v) is 11.8. The fourth-order valence-corrected chi connectivity index (χ4v) is 3.73. The van der Waals surface area contributed by atoms with E-state index in [9.17, 15) is 17.2 Å². The van der Waals surface area contributed by atoms with Gasteiger partial charge in [0.05, 0.1) is 4.90 Å². The Kier molecular flexibility index (Phi) is 4.72. The first-order valence-electron chi connectivity index (χ1n) is 6.63. The summed E-state index contributed by atoms with van der Waals surface area (Å²) in [6.07, 6.45) is 4.31. The number of hydrogen-bond acceptors (Lipinski definition) is 3. The maximum absolute atomic E-state index is 13.1. The summed E-state index contributed by atoms with van der Waals surface area (Å²) >= 11 is 0. The fraction of sp³-hybridized carbons (Fsp3) is 0.538. The van der Waals surface area contributed by atoms with E-state index < -0.39 is 21.7 Å². The van der Waals surface area contributed by atoms with Gasteiger partial charge in [-0.15, -0.1) is 0 Å². The molecule has 1 aliphatic carbocycles. The van der Waals surface area contributed by atoms with Crippen LogP contribution in [0.1, 0.15) is 32.1 Å². The minimum atomic E-state index is -3.88. The zero-order chi connectivity index (χ0) is 14.8. The molecule has 0 aliphatic heterocycles. The monoisotopic (exact) mass is 304 g/mol. The van der Waals surface area contributed by atoms with Crippen LogP contribution in [0.2, 0.25) is 0 Å². The van der Waals surface area contributed by atoms with Gasteiger partial charge < -0.3 is 5.73 Å². The number of halogens is 2. The molecule has 20 heavy (non-hydrogen) atoms. The first-order chi connectivity index (χ1) is 9.40. The first-order valence-corrected chi connectivity index (χ1v) is 8.11. The summed E-state index contributed by atoms with van der Waals surface area (Å²) < 4.78 is 52.8. The summed E-state index contributed by atoms with van der Waals surface area (Å²) in [7, 11) is -3.88. The van der Waals surface area contributed by atoms with Crippen LogP contribution >= 0.6 is 0 Å². The summed E-state index contributed by atoms with van der Waals surface area (Å²) in [5.74, 6) is -2.26. The van der Waals surface area contributed by atoms with Gasteiger partial charge in [0.1, 0.15) is 0 Å². The maximum Gasteiger partial charge on any atom is 0.240 e. The second kappa shape index (κ2) is 6.15. The lowest BCUT2D eigenvalue weighted by Crippen LogP contribution is -2.46. The molecule has 1 aliphatic rings. The van der Waals surface area contributed by atoms with Crippen LogP contribution in [-0.2, 0) is 10.0 Å². The lowest BCUT2D eigenvalue weighted by molar-refractivity contribution is 0.455. The Morgan fingerprint density at radius 3 is 2.50 bits per heavy atom. The van der Waals surface area contributed by atoms with Crippen molar-refractivity contribution >= 4 is 10.0 Å². The maximum atomic E-state index is 13.1. The zero-order valence-electron chi connectivity index (χ0n) is 11.0. The molecule has 1 aromatic rings. The second-order valence-electron chi connectivity index (χ2n) is 5.11. The van der Waals surface area contributed by atoms with E-state index in [1.54, 1.807) is 0 Å². The van der Waals surface area contributed by atoms with Crippen LogP contribution in [0.3, 0.4) is 0 Å². The van der Waals surface area contributed by atoms with Crippen LogP contribution in [-0.4, -0.2) is 20.5 Å². The molecule has 0 amide bonds. The third-order valence-electron chi connectivity index (χ3n) is 3.58. The SMILES string of the molecule is NC1CCCCCC1NS(=O)(=O)c1ccc(F)c(F)c1. The Morgan fingerprint density at radius 1 is 1.10 bits per heavy atom. The third-order valence-corrected chi connectivity index (χ3v) is 5.06. The highest BCUT2D eigenvalue weighted by atomic mass is 32.2. The van der Waals surface area contributed by atoms with Gasteiger partial charge >= 0.3 is 0 Å². The summed E-state index contributed by atoms with van der Waals surface area (Å²) in [5.41, 5.74) is 5.96. The topological polar surface area (TPSA) is 72.2 Å². The average molecular weight is 304 g/mol. The van der Waals surface area contributed by atoms with E-state index >= 15 is 0 Å². The Bertz CT molecular complexity index is 578. The van der Waals surface area contributed by atoms with Crippen molar-refractivity contribution in [2.24, 2.45) is 5.73 Å². The molecule has 1 fully saturated rings. The van der Waals surface area contributed by atoms with Crippen LogP contribution in [0.4, 0.5) is 8.78 Å². The van der Waals surface area contributed by atoms with Gasteiger partial charge in [-0.25, -0.2) is 21.9 Å². The molecule has 112 valence electrons. The highest BCUT2D eigenvalue weighted by Gasteiger charge is 2.26. The summed E-state index contributed by atoms with van der Waals surface area (Å²) in [5, 5.41) is 0. The molecule has 0 spiro atoms. The van der Waals surface area contributed by atoms with Crippen LogP contribution in [0.5, 0.6) is 0 Å². The number of hydrogen-bond donors (Lipinski definition) is 2. The predicted octanol–water partition coefficient (Wildman–Crippen LogP) is 1.90. The predicted molar refractivity (Wildman–Crippen MR) is 71.5 cm³/mol. The lowest BCUT2D eigenvalue weighted by atomic mass is 10.1. The Balaban J connectivity index is 2.19. The molecule has 0 heterocycles. The van der Waals surface area contributed by atoms with E-state index in [0.717, 1.165) is 37.8 Å². The molecule has 2 rings (SSSR count). The molecule has 7 heteroatoms. The first kappa shape index (κ1) is 15.3. The molecular formula is C13H18F2N2O2S. The number of benzene rings is 1. The molecule has 4 nitrogen and oxygen atoms in total. The Morgan fingerprint density at radius 2 is 1.80 bits per heavy atom. The molecule has 2 unspecified atom stereocenters. The van der Waals surface area contributed by atoms with Crippen molar-refractivity contribution in [3.05, 3.63) is 29.8 Å². The summed E-state index contributed by atoms with van der Waals surface area (Å²) in [6.45, 7) is 0. The van der Waals surface area contributed by atoms with E-state index in [4.69, 9.17) is 5.73 Å². The normalized spacial score (nSPS) is 24.4. The van der Waals surface area contributed by atoms with E-state index in [2.05, 4.69) is 4.72 Å². The van der Waals surface area contributed by atoms with Crippen LogP contribution in [0.25, 0.3) is 0 Å². The number of nitrogens with two attached hydrogens (primary N) is 1. The van der Waals surface area contributed by atoms with Crippen molar-refractivity contribution in [1.82, 2.24) is 4.72 Å². The van der Waals surface area contributed by atoms with Crippen molar-refractivity contribution in [2.75, 3.05) is 0 Å². The van der Waals surface area contributed by atoms with E-state index in [0.29, 0.717) is 12.5 Å². The molecule has 3 N–H and O–H groups in total. The van der Waals surface area contributed by atoms with Crippen LogP contribution in [0.15, 0.2) is 23.1 Å². The van der Waals surface area contributed by atoms with Gasteiger partial charge in [-0.1, -0.05) is 19.3 Å². The molecule has 0 saturated heterocycles. The van der Waals surface area contributed by atoms with Gasteiger partial charge in [-0.05, 0) is 31.0 Å². The minimum Gasteiger partial charge on any atom is -0.326 e. The Hall–Kier alpha value is -1.05. The van der Waals surface area contributed by atoms with Gasteiger partial charge in [0.25, 0.3) is 0 Å². The van der Waals surface area contributed by atoms with Gasteiger partial charge in [0.15, 0.2) is 11.6 Å². The van der Waals surface area contributed by atoms with Crippen LogP contribution in [0, 0.1) is 11.6 Å². The number of rotatable bonds is 3. The molecular weight excluding hydrogens is 286 g/mol. The molecule has 1 aromatic carbocycles. The van der Waals surface area contributed by atoms with E-state index in [1.165, 1.54) is 0 Å². The van der Waals surface area contributed by atoms with Crippen molar-refractivity contribution in [3.8, 4) is 0 Å². The minimum absolute atomic E-state index is 0.252. The molecule has 0 bridgehead atoms. The van der Waals surface area contributed by atoms with Crippen molar-refractivity contribution in [1.29, 1.82) is 0 Å². The second-order valence-corrected chi connectivity index (χ2v) is 6.82. The third kappa shape index (κ3) is 3.53. The number of sulfonamides is 1.